The summed E-state index contributed by atoms with van der Waals surface area (Å²) in [7, 11) is -3.77. The lowest BCUT2D eigenvalue weighted by Gasteiger charge is -2.11. The Morgan fingerprint density at radius 1 is 1.14 bits per heavy atom. The Morgan fingerprint density at radius 2 is 1.76 bits per heavy atom. The molecule has 112 valence electrons. The second-order valence-electron chi connectivity index (χ2n) is 4.27. The summed E-state index contributed by atoms with van der Waals surface area (Å²) in [6.07, 6.45) is 0. The van der Waals surface area contributed by atoms with E-state index in [2.05, 4.69) is 36.6 Å². The highest BCUT2D eigenvalue weighted by atomic mass is 79.9. The second-order valence-corrected chi connectivity index (χ2v) is 7.68. The van der Waals surface area contributed by atoms with Gasteiger partial charge in [0.1, 0.15) is 10.7 Å². The molecule has 0 saturated carbocycles. The zero-order valence-electron chi connectivity index (χ0n) is 10.6. The first-order valence-corrected chi connectivity index (χ1v) is 8.85. The van der Waals surface area contributed by atoms with E-state index in [9.17, 15) is 12.8 Å². The van der Waals surface area contributed by atoms with Crippen molar-refractivity contribution in [1.29, 1.82) is 0 Å². The van der Waals surface area contributed by atoms with Crippen molar-refractivity contribution in [3.8, 4) is 0 Å². The molecule has 0 bridgehead atoms. The molecular weight excluding hydrogens is 427 g/mol. The lowest BCUT2D eigenvalue weighted by Crippen LogP contribution is -2.24. The number of hydrogen-bond donors (Lipinski definition) is 2. The van der Waals surface area contributed by atoms with Gasteiger partial charge in [0.15, 0.2) is 0 Å². The predicted molar refractivity (Wildman–Crippen MR) is 86.7 cm³/mol. The Balaban J connectivity index is 2.27. The number of hydrogen-bond acceptors (Lipinski definition) is 3. The molecule has 21 heavy (non-hydrogen) atoms. The summed E-state index contributed by atoms with van der Waals surface area (Å²) in [5.41, 5.74) is 6.59. The molecule has 0 amide bonds. The van der Waals surface area contributed by atoms with Crippen LogP contribution in [0, 0.1) is 5.82 Å². The molecule has 2 rings (SSSR count). The highest BCUT2D eigenvalue weighted by Crippen LogP contribution is 2.32. The lowest BCUT2D eigenvalue weighted by atomic mass is 10.2. The number of rotatable bonds is 4. The maximum atomic E-state index is 13.1. The Labute approximate surface area is 138 Å². The molecule has 3 N–H and O–H groups in total. The van der Waals surface area contributed by atoms with Crippen molar-refractivity contribution < 1.29 is 12.8 Å². The van der Waals surface area contributed by atoms with Gasteiger partial charge in [-0.2, -0.15) is 0 Å². The van der Waals surface area contributed by atoms with E-state index < -0.39 is 15.8 Å². The topological polar surface area (TPSA) is 72.2 Å². The van der Waals surface area contributed by atoms with E-state index in [0.29, 0.717) is 20.2 Å². The van der Waals surface area contributed by atoms with Crippen LogP contribution in [-0.2, 0) is 16.6 Å². The van der Waals surface area contributed by atoms with Crippen LogP contribution in [0.25, 0.3) is 0 Å². The second kappa shape index (κ2) is 6.43. The predicted octanol–water partition coefficient (Wildman–Crippen LogP) is 3.41. The van der Waals surface area contributed by atoms with Crippen molar-refractivity contribution in [2.24, 2.45) is 0 Å². The Bertz CT molecular complexity index is 758. The van der Waals surface area contributed by atoms with Crippen LogP contribution < -0.4 is 10.5 Å². The van der Waals surface area contributed by atoms with Crippen molar-refractivity contribution in [1.82, 2.24) is 4.72 Å². The Hall–Kier alpha value is -0.960. The van der Waals surface area contributed by atoms with Gasteiger partial charge in [0.25, 0.3) is 0 Å². The number of benzene rings is 2. The largest absolute Gasteiger partial charge is 0.399 e. The van der Waals surface area contributed by atoms with Gasteiger partial charge < -0.3 is 5.73 Å². The van der Waals surface area contributed by atoms with E-state index in [1.165, 1.54) is 30.3 Å². The summed E-state index contributed by atoms with van der Waals surface area (Å²) in [5, 5.41) is 0. The van der Waals surface area contributed by atoms with Crippen LogP contribution in [0.3, 0.4) is 0 Å². The maximum absolute atomic E-state index is 13.1. The molecule has 0 atom stereocenters. The molecule has 2 aromatic carbocycles. The molecule has 0 unspecified atom stereocenters. The third-order valence-electron chi connectivity index (χ3n) is 2.64. The molecule has 4 nitrogen and oxygen atoms in total. The van der Waals surface area contributed by atoms with Gasteiger partial charge in [-0.15, -0.1) is 0 Å². The lowest BCUT2D eigenvalue weighted by molar-refractivity contribution is 0.579. The third kappa shape index (κ3) is 4.03. The molecule has 0 heterocycles. The van der Waals surface area contributed by atoms with E-state index in [1.807, 2.05) is 0 Å². The first kappa shape index (κ1) is 16.4. The van der Waals surface area contributed by atoms with Crippen LogP contribution >= 0.6 is 31.9 Å². The van der Waals surface area contributed by atoms with Crippen molar-refractivity contribution in [2.45, 2.75) is 11.4 Å². The molecule has 0 spiro atoms. The summed E-state index contributed by atoms with van der Waals surface area (Å²) in [5.74, 6) is -0.415. The number of nitrogens with two attached hydrogens (primary N) is 1. The SMILES string of the molecule is Nc1cc(Br)c(S(=O)(=O)NCc2cccc(F)c2)c(Br)c1. The number of sulfonamides is 1. The molecule has 0 fully saturated rings. The van der Waals surface area contributed by atoms with Crippen molar-refractivity contribution in [3.05, 3.63) is 56.7 Å². The molecule has 0 aliphatic carbocycles. The third-order valence-corrected chi connectivity index (χ3v) is 5.92. The van der Waals surface area contributed by atoms with Gasteiger partial charge >= 0.3 is 0 Å². The van der Waals surface area contributed by atoms with Crippen LogP contribution in [-0.4, -0.2) is 8.42 Å². The van der Waals surface area contributed by atoms with Gasteiger partial charge in [0.2, 0.25) is 10.0 Å². The van der Waals surface area contributed by atoms with E-state index in [4.69, 9.17) is 5.73 Å². The fourth-order valence-corrected chi connectivity index (χ4v) is 5.37. The van der Waals surface area contributed by atoms with Gasteiger partial charge in [-0.3, -0.25) is 0 Å². The first-order valence-electron chi connectivity index (χ1n) is 5.78. The Morgan fingerprint density at radius 3 is 2.33 bits per heavy atom. The number of nitrogen functional groups attached to an aromatic ring is 1. The summed E-state index contributed by atoms with van der Waals surface area (Å²) in [6, 6.07) is 8.73. The van der Waals surface area contributed by atoms with Gasteiger partial charge in [-0.1, -0.05) is 12.1 Å². The molecule has 0 aliphatic rings. The Kier molecular flexibility index (Phi) is 5.03. The van der Waals surface area contributed by atoms with Crippen LogP contribution in [0.4, 0.5) is 10.1 Å². The first-order chi connectivity index (χ1) is 9.79. The average Bonchev–Trinajstić information content (AvgIpc) is 2.35. The van der Waals surface area contributed by atoms with Crippen LogP contribution in [0.5, 0.6) is 0 Å². The van der Waals surface area contributed by atoms with Gasteiger partial charge in [0, 0.05) is 21.2 Å². The van der Waals surface area contributed by atoms with Crippen LogP contribution in [0.2, 0.25) is 0 Å². The zero-order chi connectivity index (χ0) is 15.6. The molecular formula is C13H11Br2FN2O2S. The molecule has 0 radical (unpaired) electrons. The minimum absolute atomic E-state index is 0.0106. The summed E-state index contributed by atoms with van der Waals surface area (Å²) in [6.45, 7) is -0.0106. The van der Waals surface area contributed by atoms with E-state index in [0.717, 1.165) is 0 Å². The number of anilines is 1. The highest BCUT2D eigenvalue weighted by Gasteiger charge is 2.21. The average molecular weight is 438 g/mol. The van der Waals surface area contributed by atoms with Gasteiger partial charge in [-0.25, -0.2) is 17.5 Å². The summed E-state index contributed by atoms with van der Waals surface area (Å²) in [4.78, 5) is 0.0492. The van der Waals surface area contributed by atoms with Gasteiger partial charge in [0.05, 0.1) is 0 Å². The fraction of sp³-hybridized carbons (Fsp3) is 0.0769. The smallest absolute Gasteiger partial charge is 0.243 e. The van der Waals surface area contributed by atoms with E-state index in [1.54, 1.807) is 6.07 Å². The maximum Gasteiger partial charge on any atom is 0.243 e. The zero-order valence-corrected chi connectivity index (χ0v) is 14.6. The molecule has 0 aliphatic heterocycles. The summed E-state index contributed by atoms with van der Waals surface area (Å²) < 4.78 is 40.9. The standard InChI is InChI=1S/C13H11Br2FN2O2S/c14-11-5-10(17)6-12(15)13(11)21(19,20)18-7-8-2-1-3-9(16)4-8/h1-6,18H,7,17H2. The minimum Gasteiger partial charge on any atom is -0.399 e. The van der Waals surface area contributed by atoms with E-state index >= 15 is 0 Å². The van der Waals surface area contributed by atoms with E-state index in [-0.39, 0.29) is 11.4 Å². The fourth-order valence-electron chi connectivity index (χ4n) is 1.73. The van der Waals surface area contributed by atoms with Crippen LogP contribution in [0.1, 0.15) is 5.56 Å². The molecule has 8 heteroatoms. The minimum atomic E-state index is -3.77. The summed E-state index contributed by atoms with van der Waals surface area (Å²) >= 11 is 6.36. The van der Waals surface area contributed by atoms with Gasteiger partial charge in [-0.05, 0) is 61.7 Å². The van der Waals surface area contributed by atoms with Crippen molar-refractivity contribution in [2.75, 3.05) is 5.73 Å². The number of halogens is 3. The van der Waals surface area contributed by atoms with Crippen LogP contribution in [0.15, 0.2) is 50.2 Å². The van der Waals surface area contributed by atoms with Crippen molar-refractivity contribution in [3.63, 3.8) is 0 Å². The van der Waals surface area contributed by atoms with Crippen molar-refractivity contribution >= 4 is 47.6 Å². The normalized spacial score (nSPS) is 11.6. The molecule has 0 aromatic heterocycles. The number of nitrogens with one attached hydrogen (secondary N) is 1. The quantitative estimate of drug-likeness (QED) is 0.720. The highest BCUT2D eigenvalue weighted by molar-refractivity contribution is 9.11. The molecule has 0 saturated heterocycles. The molecule has 2 aromatic rings. The monoisotopic (exact) mass is 436 g/mol.